The second kappa shape index (κ2) is 7.13. The lowest BCUT2D eigenvalue weighted by molar-refractivity contribution is 0.0851. The Bertz CT molecular complexity index is 780. The van der Waals surface area contributed by atoms with E-state index < -0.39 is 0 Å². The van der Waals surface area contributed by atoms with E-state index in [2.05, 4.69) is 46.0 Å². The Morgan fingerprint density at radius 3 is 2.48 bits per heavy atom. The summed E-state index contributed by atoms with van der Waals surface area (Å²) in [7, 11) is 0. The van der Waals surface area contributed by atoms with Gasteiger partial charge in [0.1, 0.15) is 6.61 Å². The number of hydrogen-bond donors (Lipinski definition) is 0. The van der Waals surface area contributed by atoms with Crippen molar-refractivity contribution >= 4 is 0 Å². The largest absolute Gasteiger partial charge is 0.484 e. The normalized spacial score (nSPS) is 27.7. The Morgan fingerprint density at radius 1 is 1.00 bits per heavy atom. The highest BCUT2D eigenvalue weighted by Gasteiger charge is 2.39. The van der Waals surface area contributed by atoms with Gasteiger partial charge in [-0.15, -0.1) is 0 Å². The predicted molar refractivity (Wildman–Crippen MR) is 104 cm³/mol. The summed E-state index contributed by atoms with van der Waals surface area (Å²) in [6.07, 6.45) is 1.64. The molecule has 3 aliphatic rings. The highest BCUT2D eigenvalue weighted by Crippen LogP contribution is 2.34. The minimum Gasteiger partial charge on any atom is -0.484 e. The van der Waals surface area contributed by atoms with E-state index in [1.807, 2.05) is 12.1 Å². The van der Waals surface area contributed by atoms with E-state index in [1.165, 1.54) is 38.3 Å². The molecule has 0 saturated carbocycles. The molecule has 0 bridgehead atoms. The fourth-order valence-electron chi connectivity index (χ4n) is 4.74. The second-order valence-electron chi connectivity index (χ2n) is 8.03. The Morgan fingerprint density at radius 2 is 1.74 bits per heavy atom. The predicted octanol–water partition coefficient (Wildman–Crippen LogP) is 2.98. The van der Waals surface area contributed by atoms with Crippen molar-refractivity contribution in [2.24, 2.45) is 11.8 Å². The van der Waals surface area contributed by atoms with Crippen LogP contribution in [-0.2, 0) is 6.54 Å². The van der Waals surface area contributed by atoms with Crippen LogP contribution in [0.3, 0.4) is 0 Å². The zero-order chi connectivity index (χ0) is 18.2. The fraction of sp³-hybridized carbons (Fsp3) is 0.500. The molecule has 0 aliphatic carbocycles. The van der Waals surface area contributed by atoms with Crippen molar-refractivity contribution in [3.05, 3.63) is 53.7 Å². The van der Waals surface area contributed by atoms with Gasteiger partial charge in [0.05, 0.1) is 0 Å². The minimum atomic E-state index is -0.0902. The fourth-order valence-corrected chi connectivity index (χ4v) is 4.74. The molecule has 142 valence electrons. The number of likely N-dealkylation sites (tertiary alicyclic amines) is 2. The molecule has 5 heteroatoms. The van der Waals surface area contributed by atoms with Gasteiger partial charge in [0.2, 0.25) is 0 Å². The zero-order valence-electron chi connectivity index (χ0n) is 15.9. The van der Waals surface area contributed by atoms with Crippen LogP contribution in [0.5, 0.6) is 11.6 Å². The minimum absolute atomic E-state index is 0.0902. The monoisotopic (exact) mass is 365 g/mol. The lowest BCUT2D eigenvalue weighted by Crippen LogP contribution is -2.28. The van der Waals surface area contributed by atoms with E-state index in [1.54, 1.807) is 6.20 Å². The number of fused-ring (bicyclic) bond motifs is 2. The zero-order valence-corrected chi connectivity index (χ0v) is 15.9. The van der Waals surface area contributed by atoms with Crippen LogP contribution >= 0.6 is 0 Å². The molecule has 4 heterocycles. The number of hydrogen-bond acceptors (Lipinski definition) is 5. The first kappa shape index (κ1) is 17.0. The molecule has 5 rings (SSSR count). The van der Waals surface area contributed by atoms with Crippen LogP contribution in [0.25, 0.3) is 0 Å². The summed E-state index contributed by atoms with van der Waals surface area (Å²) in [5.41, 5.74) is 2.52. The van der Waals surface area contributed by atoms with Crippen LogP contribution in [0.4, 0.5) is 0 Å². The summed E-state index contributed by atoms with van der Waals surface area (Å²) < 4.78 is 11.8. The van der Waals surface area contributed by atoms with Gasteiger partial charge < -0.3 is 14.4 Å². The van der Waals surface area contributed by atoms with Gasteiger partial charge in [-0.2, -0.15) is 0 Å². The summed E-state index contributed by atoms with van der Waals surface area (Å²) in [6.45, 7) is 10.1. The number of ether oxygens (including phenoxy) is 2. The maximum absolute atomic E-state index is 6.01. The molecular weight excluding hydrogens is 338 g/mol. The van der Waals surface area contributed by atoms with Gasteiger partial charge in [0, 0.05) is 38.9 Å². The molecule has 3 unspecified atom stereocenters. The Kier molecular flexibility index (Phi) is 4.50. The van der Waals surface area contributed by atoms with Crippen molar-refractivity contribution in [1.29, 1.82) is 0 Å². The van der Waals surface area contributed by atoms with Crippen LogP contribution in [0.2, 0.25) is 0 Å². The number of aromatic nitrogens is 1. The van der Waals surface area contributed by atoms with Crippen molar-refractivity contribution in [3.63, 3.8) is 0 Å². The van der Waals surface area contributed by atoms with E-state index in [9.17, 15) is 0 Å². The number of benzene rings is 1. The molecule has 0 N–H and O–H groups in total. The van der Waals surface area contributed by atoms with Gasteiger partial charge >= 0.3 is 0 Å². The number of pyridine rings is 1. The first-order chi connectivity index (χ1) is 13.3. The molecule has 2 saturated heterocycles. The first-order valence-corrected chi connectivity index (χ1v) is 10.1. The lowest BCUT2D eigenvalue weighted by atomic mass is 10.0. The van der Waals surface area contributed by atoms with E-state index in [4.69, 9.17) is 9.47 Å². The summed E-state index contributed by atoms with van der Waals surface area (Å²) >= 11 is 0. The van der Waals surface area contributed by atoms with Crippen molar-refractivity contribution in [1.82, 2.24) is 14.8 Å². The Balaban J connectivity index is 1.19. The quantitative estimate of drug-likeness (QED) is 0.833. The summed E-state index contributed by atoms with van der Waals surface area (Å²) in [4.78, 5) is 9.48. The summed E-state index contributed by atoms with van der Waals surface area (Å²) in [6, 6.07) is 12.6. The average molecular weight is 365 g/mol. The molecular formula is C22H27N3O2. The maximum Gasteiger partial charge on any atom is 0.257 e. The third kappa shape index (κ3) is 3.42. The standard InChI is InChI=1S/C22H27N3O2/c1-2-24-11-18-13-25(14-19(18)12-24)10-16-5-7-17(8-6-16)21-15-26-20-4-3-9-23-22(20)27-21/h3-9,18-19,21H,2,10-15H2,1H3. The average Bonchev–Trinajstić information content (AvgIpc) is 3.26. The molecule has 1 aromatic carbocycles. The van der Waals surface area contributed by atoms with Crippen LogP contribution < -0.4 is 9.47 Å². The van der Waals surface area contributed by atoms with E-state index >= 15 is 0 Å². The van der Waals surface area contributed by atoms with Gasteiger partial charge in [-0.05, 0) is 41.6 Å². The SMILES string of the molecule is CCN1CC2CN(Cc3ccc(C4COc5cccnc5O4)cc3)CC2C1. The van der Waals surface area contributed by atoms with Gasteiger partial charge in [-0.3, -0.25) is 4.90 Å². The van der Waals surface area contributed by atoms with Crippen LogP contribution in [-0.4, -0.2) is 54.1 Å². The molecule has 5 nitrogen and oxygen atoms in total. The van der Waals surface area contributed by atoms with Crippen LogP contribution in [0, 0.1) is 11.8 Å². The summed E-state index contributed by atoms with van der Waals surface area (Å²) in [5, 5.41) is 0. The van der Waals surface area contributed by atoms with Crippen LogP contribution in [0.15, 0.2) is 42.6 Å². The molecule has 27 heavy (non-hydrogen) atoms. The van der Waals surface area contributed by atoms with Crippen molar-refractivity contribution in [2.75, 3.05) is 39.3 Å². The topological polar surface area (TPSA) is 37.8 Å². The van der Waals surface area contributed by atoms with Crippen molar-refractivity contribution < 1.29 is 9.47 Å². The molecule has 2 fully saturated rings. The first-order valence-electron chi connectivity index (χ1n) is 10.1. The van der Waals surface area contributed by atoms with Gasteiger partial charge in [0.15, 0.2) is 11.9 Å². The highest BCUT2D eigenvalue weighted by atomic mass is 16.6. The Labute approximate surface area is 160 Å². The molecule has 1 aromatic heterocycles. The molecule has 3 atom stereocenters. The molecule has 0 radical (unpaired) electrons. The number of nitrogens with zero attached hydrogens (tertiary/aromatic N) is 3. The second-order valence-corrected chi connectivity index (χ2v) is 8.03. The smallest absolute Gasteiger partial charge is 0.257 e. The van der Waals surface area contributed by atoms with Gasteiger partial charge in [-0.25, -0.2) is 4.98 Å². The van der Waals surface area contributed by atoms with Gasteiger partial charge in [-0.1, -0.05) is 31.2 Å². The van der Waals surface area contributed by atoms with Gasteiger partial charge in [0.25, 0.3) is 5.88 Å². The highest BCUT2D eigenvalue weighted by molar-refractivity contribution is 5.36. The van der Waals surface area contributed by atoms with Crippen molar-refractivity contribution in [3.8, 4) is 11.6 Å². The van der Waals surface area contributed by atoms with E-state index in [0.717, 1.165) is 29.7 Å². The Hall–Kier alpha value is -2.11. The molecule has 3 aliphatic heterocycles. The third-order valence-electron chi connectivity index (χ3n) is 6.22. The lowest BCUT2D eigenvalue weighted by Gasteiger charge is -2.26. The van der Waals surface area contributed by atoms with Crippen molar-refractivity contribution in [2.45, 2.75) is 19.6 Å². The van der Waals surface area contributed by atoms with E-state index in [0.29, 0.717) is 12.5 Å². The van der Waals surface area contributed by atoms with E-state index in [-0.39, 0.29) is 6.10 Å². The van der Waals surface area contributed by atoms with Crippen LogP contribution in [0.1, 0.15) is 24.2 Å². The molecule has 2 aromatic rings. The molecule has 0 spiro atoms. The maximum atomic E-state index is 6.01. The summed E-state index contributed by atoms with van der Waals surface area (Å²) in [5.74, 6) is 3.04. The number of rotatable bonds is 4. The third-order valence-corrected chi connectivity index (χ3v) is 6.22. The molecule has 0 amide bonds.